The zero-order chi connectivity index (χ0) is 32.4. The smallest absolute Gasteiger partial charge is 0.185 e. The van der Waals surface area contributed by atoms with E-state index in [9.17, 15) is 19.8 Å². The number of carbonyl (C=O) groups is 2. The molecular weight excluding hydrogens is 876 g/mol. The summed E-state index contributed by atoms with van der Waals surface area (Å²) < 4.78 is 0. The van der Waals surface area contributed by atoms with Gasteiger partial charge in [-0.25, -0.2) is 0 Å². The van der Waals surface area contributed by atoms with E-state index in [1.807, 2.05) is 48.5 Å². The number of benzene rings is 4. The number of allylic oxidation sites excluding steroid dienone is 2. The van der Waals surface area contributed by atoms with Crippen LogP contribution in [0, 0.1) is 98.8 Å². The quantitative estimate of drug-likeness (QED) is 0.101. The second-order valence-corrected chi connectivity index (χ2v) is 9.68. The zero-order valence-corrected chi connectivity index (χ0v) is 30.5. The van der Waals surface area contributed by atoms with Crippen molar-refractivity contribution in [2.75, 3.05) is 0 Å². The SMILES string of the molecule is O=C(/C=C(\[O-])c1ccccc1)c1ccccc1.O=C(/C=C(\[O-])c1ccccc1)c1ccccc1.[Eu].[Eu].c1cc(-c2ccncc2)ccn1. The van der Waals surface area contributed by atoms with Gasteiger partial charge in [-0.1, -0.05) is 133 Å². The van der Waals surface area contributed by atoms with Crippen LogP contribution in [0.5, 0.6) is 0 Å². The van der Waals surface area contributed by atoms with E-state index in [1.165, 1.54) is 11.1 Å². The third kappa shape index (κ3) is 14.1. The average Bonchev–Trinajstić information content (AvgIpc) is 3.14. The number of aromatic nitrogens is 2. The molecule has 0 fully saturated rings. The van der Waals surface area contributed by atoms with Gasteiger partial charge < -0.3 is 10.2 Å². The maximum absolute atomic E-state index is 11.8. The number of hydrogen-bond donors (Lipinski definition) is 0. The normalized spacial score (nSPS) is 10.3. The molecule has 0 aliphatic heterocycles. The summed E-state index contributed by atoms with van der Waals surface area (Å²) in [7, 11) is 0. The van der Waals surface area contributed by atoms with Gasteiger partial charge in [-0.2, -0.15) is 0 Å². The number of pyridine rings is 2. The summed E-state index contributed by atoms with van der Waals surface area (Å²) in [4.78, 5) is 31.4. The van der Waals surface area contributed by atoms with Crippen molar-refractivity contribution in [2.45, 2.75) is 0 Å². The third-order valence-electron chi connectivity index (χ3n) is 6.45. The van der Waals surface area contributed by atoms with Crippen molar-refractivity contribution in [3.8, 4) is 11.1 Å². The molecule has 6 rings (SSSR count). The van der Waals surface area contributed by atoms with Gasteiger partial charge in [-0.05, 0) is 58.7 Å². The van der Waals surface area contributed by atoms with E-state index in [1.54, 1.807) is 122 Å². The summed E-state index contributed by atoms with van der Waals surface area (Å²) >= 11 is 0. The van der Waals surface area contributed by atoms with Crippen molar-refractivity contribution in [1.29, 1.82) is 0 Å². The molecule has 0 saturated heterocycles. The first-order chi connectivity index (χ1) is 22.5. The first-order valence-electron chi connectivity index (χ1n) is 14.4. The molecule has 0 amide bonds. The average molecular weight is 907 g/mol. The monoisotopic (exact) mass is 908 g/mol. The fourth-order valence-corrected chi connectivity index (χ4v) is 4.07. The van der Waals surface area contributed by atoms with Gasteiger partial charge in [0.15, 0.2) is 11.6 Å². The van der Waals surface area contributed by atoms with Crippen LogP contribution >= 0.6 is 0 Å². The third-order valence-corrected chi connectivity index (χ3v) is 6.45. The fraction of sp³-hybridized carbons (Fsp3) is 0. The molecule has 6 nitrogen and oxygen atoms in total. The van der Waals surface area contributed by atoms with Gasteiger partial charge in [0.05, 0.1) is 0 Å². The Labute approximate surface area is 362 Å². The van der Waals surface area contributed by atoms with Crippen molar-refractivity contribution >= 4 is 23.1 Å². The number of nitrogens with zero attached hydrogens (tertiary/aromatic N) is 2. The van der Waals surface area contributed by atoms with E-state index in [2.05, 4.69) is 9.97 Å². The minimum absolute atomic E-state index is 0. The van der Waals surface area contributed by atoms with Gasteiger partial charge in [0.25, 0.3) is 0 Å². The first-order valence-corrected chi connectivity index (χ1v) is 14.4. The molecule has 0 unspecified atom stereocenters. The summed E-state index contributed by atoms with van der Waals surface area (Å²) in [5, 5.41) is 23.5. The number of rotatable bonds is 7. The first kappa shape index (κ1) is 40.9. The molecule has 0 aliphatic carbocycles. The van der Waals surface area contributed by atoms with Crippen LogP contribution in [-0.2, 0) is 0 Å². The van der Waals surface area contributed by atoms with E-state index in [4.69, 9.17) is 0 Å². The molecule has 0 saturated carbocycles. The fourth-order valence-electron chi connectivity index (χ4n) is 4.07. The molecule has 6 aromatic rings. The van der Waals surface area contributed by atoms with Crippen LogP contribution in [0.15, 0.2) is 183 Å². The van der Waals surface area contributed by atoms with Crippen molar-refractivity contribution in [2.24, 2.45) is 0 Å². The Balaban J connectivity index is 0.000000249. The van der Waals surface area contributed by atoms with E-state index in [0.717, 1.165) is 12.2 Å². The van der Waals surface area contributed by atoms with Crippen LogP contribution in [0.3, 0.4) is 0 Å². The van der Waals surface area contributed by atoms with Crippen molar-refractivity contribution in [3.05, 3.63) is 205 Å². The molecule has 0 aliphatic rings. The van der Waals surface area contributed by atoms with E-state index in [0.29, 0.717) is 22.3 Å². The van der Waals surface area contributed by atoms with Crippen molar-refractivity contribution in [1.82, 2.24) is 9.97 Å². The number of ketones is 2. The number of carbonyl (C=O) groups excluding carboxylic acids is 2. The Hall–Kier alpha value is -3.23. The van der Waals surface area contributed by atoms with Crippen molar-refractivity contribution < 1.29 is 119 Å². The van der Waals surface area contributed by atoms with Crippen LogP contribution in [0.2, 0.25) is 0 Å². The van der Waals surface area contributed by atoms with E-state index >= 15 is 0 Å². The molecule has 240 valence electrons. The Kier molecular flexibility index (Phi) is 19.8. The van der Waals surface area contributed by atoms with Gasteiger partial charge in [-0.15, -0.1) is 0 Å². The summed E-state index contributed by atoms with van der Waals surface area (Å²) in [5.74, 6) is -1.06. The predicted octanol–water partition coefficient (Wildman–Crippen LogP) is 6.69. The topological polar surface area (TPSA) is 106 Å². The van der Waals surface area contributed by atoms with Crippen LogP contribution in [0.1, 0.15) is 31.8 Å². The minimum atomic E-state index is -0.264. The van der Waals surface area contributed by atoms with Gasteiger partial charge in [0.2, 0.25) is 0 Å². The summed E-state index contributed by atoms with van der Waals surface area (Å²) in [5.41, 5.74) is 4.45. The summed E-state index contributed by atoms with van der Waals surface area (Å²) in [6.45, 7) is 0. The standard InChI is InChI=1S/2C15H12O2.C10H8N2.2Eu/c2*16-14(12-7-3-1-4-8-12)11-15(17)13-9-5-2-6-10-13;1-5-11-6-2-9(1)10-3-7-12-8-4-10;;/h2*1-11,16H;1-8H;;/p-2/b2*14-11-;;;. The Morgan fingerprint density at radius 2 is 0.646 bits per heavy atom. The van der Waals surface area contributed by atoms with Crippen LogP contribution < -0.4 is 10.2 Å². The summed E-state index contributed by atoms with van der Waals surface area (Å²) in [6.07, 6.45) is 9.41. The molecule has 0 atom stereocenters. The Morgan fingerprint density at radius 3 is 0.917 bits per heavy atom. The molecule has 8 heteroatoms. The molecule has 0 N–H and O–H groups in total. The molecule has 0 spiro atoms. The maximum Gasteiger partial charge on any atom is 0.185 e. The molecule has 4 aromatic carbocycles. The van der Waals surface area contributed by atoms with E-state index in [-0.39, 0.29) is 122 Å². The maximum atomic E-state index is 11.8. The second-order valence-electron chi connectivity index (χ2n) is 9.68. The molecule has 0 bridgehead atoms. The molecular formula is C40H30Eu2N2O4-2. The van der Waals surface area contributed by atoms with Crippen molar-refractivity contribution in [3.63, 3.8) is 0 Å². The predicted molar refractivity (Wildman–Crippen MR) is 178 cm³/mol. The van der Waals surface area contributed by atoms with Crippen LogP contribution in [0.25, 0.3) is 22.6 Å². The minimum Gasteiger partial charge on any atom is -0.872 e. The van der Waals surface area contributed by atoms with Gasteiger partial charge >= 0.3 is 0 Å². The van der Waals surface area contributed by atoms with Gasteiger partial charge in [0.1, 0.15) is 0 Å². The van der Waals surface area contributed by atoms with Crippen LogP contribution in [0.4, 0.5) is 0 Å². The molecule has 48 heavy (non-hydrogen) atoms. The Morgan fingerprint density at radius 1 is 0.396 bits per heavy atom. The summed E-state index contributed by atoms with van der Waals surface area (Å²) in [6, 6.07) is 43.0. The number of hydrogen-bond acceptors (Lipinski definition) is 6. The zero-order valence-electron chi connectivity index (χ0n) is 25.6. The molecule has 2 heterocycles. The Bertz CT molecular complexity index is 1720. The van der Waals surface area contributed by atoms with Crippen LogP contribution in [-0.4, -0.2) is 21.5 Å². The molecule has 2 radical (unpaired) electrons. The second kappa shape index (κ2) is 23.2. The largest absolute Gasteiger partial charge is 0.872 e. The van der Waals surface area contributed by atoms with Gasteiger partial charge in [-0.3, -0.25) is 19.6 Å². The van der Waals surface area contributed by atoms with Gasteiger partial charge in [0, 0.05) is 135 Å². The molecule has 2 aromatic heterocycles. The van der Waals surface area contributed by atoms with E-state index < -0.39 is 0 Å².